The summed E-state index contributed by atoms with van der Waals surface area (Å²) in [6.07, 6.45) is 0.681. The van der Waals surface area contributed by atoms with Gasteiger partial charge in [-0.15, -0.1) is 0 Å². The molecule has 0 aliphatic heterocycles. The number of oxime groups is 1. The summed E-state index contributed by atoms with van der Waals surface area (Å²) in [7, 11) is 0. The van der Waals surface area contributed by atoms with Crippen LogP contribution in [0.3, 0.4) is 0 Å². The second-order valence-corrected chi connectivity index (χ2v) is 5.05. The molecular weight excluding hydrogens is 331 g/mol. The average Bonchev–Trinajstić information content (AvgIpc) is 3.01. The standard InChI is InChI=1S/C14H12Cl2N2O4/c1-8(21-11-5-4-9(15)7-10(11)16)13(17)18-22-14(19)12-3-2-6-20-12/h2-8H,1H3,(H2,17,18). The number of benzene rings is 1. The second kappa shape index (κ2) is 7.20. The number of nitrogens with two attached hydrogens (primary N) is 1. The number of hydrogen-bond donors (Lipinski definition) is 1. The van der Waals surface area contributed by atoms with Crippen molar-refractivity contribution in [1.29, 1.82) is 0 Å². The Balaban J connectivity index is 1.97. The first kappa shape index (κ1) is 16.2. The van der Waals surface area contributed by atoms with E-state index in [1.54, 1.807) is 25.1 Å². The van der Waals surface area contributed by atoms with E-state index < -0.39 is 12.1 Å². The molecule has 116 valence electrons. The lowest BCUT2D eigenvalue weighted by Gasteiger charge is -2.14. The molecule has 8 heteroatoms. The third kappa shape index (κ3) is 4.16. The number of carbonyl (C=O) groups is 1. The normalized spacial score (nSPS) is 12.8. The van der Waals surface area contributed by atoms with Crippen molar-refractivity contribution in [3.05, 3.63) is 52.4 Å². The van der Waals surface area contributed by atoms with Crippen LogP contribution < -0.4 is 10.5 Å². The molecule has 1 heterocycles. The van der Waals surface area contributed by atoms with Crippen LogP contribution in [0.4, 0.5) is 0 Å². The highest BCUT2D eigenvalue weighted by molar-refractivity contribution is 6.35. The maximum Gasteiger partial charge on any atom is 0.400 e. The lowest BCUT2D eigenvalue weighted by Crippen LogP contribution is -2.31. The minimum absolute atomic E-state index is 0.0193. The van der Waals surface area contributed by atoms with Crippen LogP contribution in [0.5, 0.6) is 5.75 Å². The van der Waals surface area contributed by atoms with Crippen molar-refractivity contribution in [3.8, 4) is 5.75 Å². The van der Waals surface area contributed by atoms with E-state index >= 15 is 0 Å². The summed E-state index contributed by atoms with van der Waals surface area (Å²) in [6.45, 7) is 1.63. The van der Waals surface area contributed by atoms with Gasteiger partial charge in [0, 0.05) is 5.02 Å². The topological polar surface area (TPSA) is 87.0 Å². The smallest absolute Gasteiger partial charge is 0.400 e. The van der Waals surface area contributed by atoms with Gasteiger partial charge in [0.2, 0.25) is 5.76 Å². The Morgan fingerprint density at radius 3 is 2.77 bits per heavy atom. The van der Waals surface area contributed by atoms with Crippen LogP contribution in [-0.4, -0.2) is 17.9 Å². The van der Waals surface area contributed by atoms with Gasteiger partial charge in [-0.3, -0.25) is 0 Å². The van der Waals surface area contributed by atoms with Gasteiger partial charge in [-0.05, 0) is 37.3 Å². The van der Waals surface area contributed by atoms with Crippen molar-refractivity contribution in [2.45, 2.75) is 13.0 Å². The quantitative estimate of drug-likeness (QED) is 0.389. The van der Waals surface area contributed by atoms with Gasteiger partial charge in [-0.2, -0.15) is 0 Å². The molecule has 0 aliphatic carbocycles. The predicted molar refractivity (Wildman–Crippen MR) is 82.3 cm³/mol. The van der Waals surface area contributed by atoms with Gasteiger partial charge in [0.15, 0.2) is 11.9 Å². The fourth-order valence-corrected chi connectivity index (χ4v) is 1.88. The lowest BCUT2D eigenvalue weighted by molar-refractivity contribution is 0.0475. The summed E-state index contributed by atoms with van der Waals surface area (Å²) in [5, 5.41) is 4.33. The molecule has 0 amide bonds. The van der Waals surface area contributed by atoms with E-state index in [-0.39, 0.29) is 11.6 Å². The number of halogens is 2. The zero-order chi connectivity index (χ0) is 16.1. The number of nitrogens with zero attached hydrogens (tertiary/aromatic N) is 1. The van der Waals surface area contributed by atoms with Gasteiger partial charge in [0.25, 0.3) is 0 Å². The summed E-state index contributed by atoms with van der Waals surface area (Å²) in [4.78, 5) is 16.2. The van der Waals surface area contributed by atoms with E-state index in [9.17, 15) is 4.79 Å². The maximum atomic E-state index is 11.5. The monoisotopic (exact) mass is 342 g/mol. The van der Waals surface area contributed by atoms with Crippen LogP contribution >= 0.6 is 23.2 Å². The molecule has 0 spiro atoms. The van der Waals surface area contributed by atoms with Crippen LogP contribution in [0.2, 0.25) is 10.0 Å². The maximum absolute atomic E-state index is 11.5. The SMILES string of the molecule is CC(Oc1ccc(Cl)cc1Cl)C(N)=NOC(=O)c1ccco1. The Morgan fingerprint density at radius 1 is 1.36 bits per heavy atom. The first-order chi connectivity index (χ1) is 10.5. The second-order valence-electron chi connectivity index (χ2n) is 4.21. The summed E-state index contributed by atoms with van der Waals surface area (Å²) < 4.78 is 10.4. The molecule has 0 saturated heterocycles. The van der Waals surface area contributed by atoms with Crippen LogP contribution in [-0.2, 0) is 4.84 Å². The van der Waals surface area contributed by atoms with E-state index in [0.717, 1.165) is 0 Å². The van der Waals surface area contributed by atoms with Crippen molar-refractivity contribution in [3.63, 3.8) is 0 Å². The zero-order valence-corrected chi connectivity index (χ0v) is 13.0. The van der Waals surface area contributed by atoms with E-state index in [1.165, 1.54) is 18.4 Å². The van der Waals surface area contributed by atoms with Gasteiger partial charge >= 0.3 is 5.97 Å². The number of carbonyl (C=O) groups excluding carboxylic acids is 1. The Morgan fingerprint density at radius 2 is 2.14 bits per heavy atom. The molecule has 0 aliphatic rings. The molecule has 22 heavy (non-hydrogen) atoms. The van der Waals surface area contributed by atoms with E-state index in [1.807, 2.05) is 0 Å². The molecule has 2 N–H and O–H groups in total. The van der Waals surface area contributed by atoms with Crippen LogP contribution in [0.25, 0.3) is 0 Å². The molecule has 1 aromatic carbocycles. The summed E-state index contributed by atoms with van der Waals surface area (Å²) in [6, 6.07) is 7.76. The highest BCUT2D eigenvalue weighted by atomic mass is 35.5. The minimum Gasteiger partial charge on any atom is -0.481 e. The van der Waals surface area contributed by atoms with Gasteiger partial charge in [0.1, 0.15) is 5.75 Å². The molecule has 1 atom stereocenters. The lowest BCUT2D eigenvalue weighted by atomic mass is 10.3. The Labute approximate surface area is 136 Å². The first-order valence-corrected chi connectivity index (χ1v) is 6.93. The molecule has 1 unspecified atom stereocenters. The van der Waals surface area contributed by atoms with E-state index in [4.69, 9.17) is 38.1 Å². The molecule has 0 saturated carbocycles. The number of hydrogen-bond acceptors (Lipinski definition) is 5. The van der Waals surface area contributed by atoms with Crippen molar-refractivity contribution in [2.75, 3.05) is 0 Å². The molecule has 2 rings (SSSR count). The zero-order valence-electron chi connectivity index (χ0n) is 11.5. The largest absolute Gasteiger partial charge is 0.481 e. The molecule has 2 aromatic rings. The highest BCUT2D eigenvalue weighted by Crippen LogP contribution is 2.28. The fraction of sp³-hybridized carbons (Fsp3) is 0.143. The van der Waals surface area contributed by atoms with Crippen molar-refractivity contribution in [1.82, 2.24) is 0 Å². The number of amidine groups is 1. The van der Waals surface area contributed by atoms with Crippen LogP contribution in [0.1, 0.15) is 17.5 Å². The van der Waals surface area contributed by atoms with Gasteiger partial charge in [0.05, 0.1) is 11.3 Å². The Hall–Kier alpha value is -2.18. The van der Waals surface area contributed by atoms with E-state index in [0.29, 0.717) is 15.8 Å². The summed E-state index contributed by atoms with van der Waals surface area (Å²) >= 11 is 11.8. The van der Waals surface area contributed by atoms with Gasteiger partial charge < -0.3 is 19.7 Å². The number of ether oxygens (including phenoxy) is 1. The Bertz CT molecular complexity index is 686. The molecule has 6 nitrogen and oxygen atoms in total. The fourth-order valence-electron chi connectivity index (χ4n) is 1.43. The Kier molecular flexibility index (Phi) is 5.30. The average molecular weight is 343 g/mol. The van der Waals surface area contributed by atoms with Crippen LogP contribution in [0.15, 0.2) is 46.2 Å². The van der Waals surface area contributed by atoms with Gasteiger partial charge in [-0.1, -0.05) is 28.4 Å². The highest BCUT2D eigenvalue weighted by Gasteiger charge is 2.15. The summed E-state index contributed by atoms with van der Waals surface area (Å²) in [5.74, 6) is -0.393. The van der Waals surface area contributed by atoms with Crippen molar-refractivity contribution < 1.29 is 18.8 Å². The van der Waals surface area contributed by atoms with Crippen molar-refractivity contribution >= 4 is 35.0 Å². The van der Waals surface area contributed by atoms with Gasteiger partial charge in [-0.25, -0.2) is 4.79 Å². The number of furan rings is 1. The molecule has 1 aromatic heterocycles. The third-order valence-corrected chi connectivity index (χ3v) is 3.10. The minimum atomic E-state index is -0.760. The number of rotatable bonds is 5. The van der Waals surface area contributed by atoms with Crippen LogP contribution in [0, 0.1) is 0 Å². The molecule has 0 radical (unpaired) electrons. The molecule has 0 fully saturated rings. The van der Waals surface area contributed by atoms with Crippen molar-refractivity contribution in [2.24, 2.45) is 10.9 Å². The first-order valence-electron chi connectivity index (χ1n) is 6.17. The van der Waals surface area contributed by atoms with E-state index in [2.05, 4.69) is 9.99 Å². The molecular formula is C14H12Cl2N2O4. The third-order valence-electron chi connectivity index (χ3n) is 2.57. The molecule has 0 bridgehead atoms. The predicted octanol–water partition coefficient (Wildman–Crippen LogP) is 3.48. The summed E-state index contributed by atoms with van der Waals surface area (Å²) in [5.41, 5.74) is 5.69.